The van der Waals surface area contributed by atoms with Crippen molar-refractivity contribution >= 4 is 11.9 Å². The Labute approximate surface area is 141 Å². The standard InChI is InChI=1S/C17H36N4O2/c1-3-5-7-9-11-13-20-17(23)21-15(14-18)16(22)19-12-10-8-6-4-2/h15H,3-14,18H2,1-2H3,(H,19,22)(H2,20,21,23)/t15-/m0/s1. The highest BCUT2D eigenvalue weighted by molar-refractivity contribution is 5.87. The molecule has 0 aliphatic heterocycles. The summed E-state index contributed by atoms with van der Waals surface area (Å²) in [6.07, 6.45) is 10.1. The highest BCUT2D eigenvalue weighted by Gasteiger charge is 2.18. The Hall–Kier alpha value is -1.30. The first-order chi connectivity index (χ1) is 11.2. The number of urea groups is 1. The fourth-order valence-corrected chi connectivity index (χ4v) is 2.26. The lowest BCUT2D eigenvalue weighted by Gasteiger charge is -2.17. The van der Waals surface area contributed by atoms with Gasteiger partial charge in [0, 0.05) is 19.6 Å². The monoisotopic (exact) mass is 328 g/mol. The second-order valence-electron chi connectivity index (χ2n) is 5.95. The third-order valence-corrected chi connectivity index (χ3v) is 3.75. The van der Waals surface area contributed by atoms with Gasteiger partial charge in [-0.2, -0.15) is 0 Å². The summed E-state index contributed by atoms with van der Waals surface area (Å²) in [5, 5.41) is 8.24. The van der Waals surface area contributed by atoms with Crippen LogP contribution in [-0.2, 0) is 4.79 Å². The normalized spacial score (nSPS) is 11.8. The predicted molar refractivity (Wildman–Crippen MR) is 95.3 cm³/mol. The lowest BCUT2D eigenvalue weighted by atomic mass is 10.1. The van der Waals surface area contributed by atoms with Crippen molar-refractivity contribution in [3.05, 3.63) is 0 Å². The Morgan fingerprint density at radius 2 is 1.35 bits per heavy atom. The van der Waals surface area contributed by atoms with Gasteiger partial charge < -0.3 is 21.7 Å². The lowest BCUT2D eigenvalue weighted by Crippen LogP contribution is -2.53. The van der Waals surface area contributed by atoms with Crippen molar-refractivity contribution < 1.29 is 9.59 Å². The molecule has 0 aromatic rings. The van der Waals surface area contributed by atoms with Crippen LogP contribution in [0, 0.1) is 0 Å². The van der Waals surface area contributed by atoms with Crippen LogP contribution in [-0.4, -0.2) is 37.6 Å². The van der Waals surface area contributed by atoms with E-state index in [1.807, 2.05) is 0 Å². The number of hydrogen-bond acceptors (Lipinski definition) is 3. The Morgan fingerprint density at radius 1 is 0.826 bits per heavy atom. The van der Waals surface area contributed by atoms with Crippen LogP contribution < -0.4 is 21.7 Å². The van der Waals surface area contributed by atoms with Crippen LogP contribution in [0.2, 0.25) is 0 Å². The molecule has 23 heavy (non-hydrogen) atoms. The molecular formula is C17H36N4O2. The van der Waals surface area contributed by atoms with Gasteiger partial charge in [-0.15, -0.1) is 0 Å². The number of nitrogens with one attached hydrogen (secondary N) is 3. The maximum absolute atomic E-state index is 12.0. The first kappa shape index (κ1) is 21.7. The van der Waals surface area contributed by atoms with Crippen molar-refractivity contribution in [3.63, 3.8) is 0 Å². The molecule has 0 aliphatic rings. The van der Waals surface area contributed by atoms with E-state index in [0.29, 0.717) is 13.1 Å². The van der Waals surface area contributed by atoms with E-state index < -0.39 is 6.04 Å². The van der Waals surface area contributed by atoms with Crippen LogP contribution >= 0.6 is 0 Å². The number of nitrogens with two attached hydrogens (primary N) is 1. The summed E-state index contributed by atoms with van der Waals surface area (Å²) in [4.78, 5) is 23.7. The fourth-order valence-electron chi connectivity index (χ4n) is 2.26. The maximum Gasteiger partial charge on any atom is 0.315 e. The van der Waals surface area contributed by atoms with E-state index in [2.05, 4.69) is 29.8 Å². The van der Waals surface area contributed by atoms with E-state index in [0.717, 1.165) is 25.7 Å². The van der Waals surface area contributed by atoms with Gasteiger partial charge in [0.1, 0.15) is 6.04 Å². The predicted octanol–water partition coefficient (Wildman–Crippen LogP) is 2.28. The topological polar surface area (TPSA) is 96.2 Å². The smallest absolute Gasteiger partial charge is 0.315 e. The largest absolute Gasteiger partial charge is 0.354 e. The molecule has 0 bridgehead atoms. The van der Waals surface area contributed by atoms with Crippen molar-refractivity contribution in [2.45, 2.75) is 77.7 Å². The first-order valence-corrected chi connectivity index (χ1v) is 9.17. The highest BCUT2D eigenvalue weighted by Crippen LogP contribution is 2.01. The summed E-state index contributed by atoms with van der Waals surface area (Å²) in [6, 6.07) is -0.988. The molecule has 0 heterocycles. The zero-order chi connectivity index (χ0) is 17.3. The second-order valence-corrected chi connectivity index (χ2v) is 5.95. The zero-order valence-electron chi connectivity index (χ0n) is 15.0. The molecule has 0 unspecified atom stereocenters. The van der Waals surface area contributed by atoms with Crippen molar-refractivity contribution in [3.8, 4) is 0 Å². The molecule has 0 radical (unpaired) electrons. The Morgan fingerprint density at radius 3 is 1.91 bits per heavy atom. The van der Waals surface area contributed by atoms with Gasteiger partial charge in [0.2, 0.25) is 5.91 Å². The van der Waals surface area contributed by atoms with Gasteiger partial charge in [0.05, 0.1) is 0 Å². The molecule has 1 atom stereocenters. The second kappa shape index (κ2) is 15.6. The molecule has 0 saturated heterocycles. The van der Waals surface area contributed by atoms with Crippen molar-refractivity contribution in [2.24, 2.45) is 5.73 Å². The minimum Gasteiger partial charge on any atom is -0.354 e. The average Bonchev–Trinajstić information content (AvgIpc) is 2.55. The van der Waals surface area contributed by atoms with E-state index in [4.69, 9.17) is 5.73 Å². The SMILES string of the molecule is CCCCCCCNC(=O)N[C@@H](CN)C(=O)NCCCCCC. The van der Waals surface area contributed by atoms with Crippen molar-refractivity contribution in [2.75, 3.05) is 19.6 Å². The first-order valence-electron chi connectivity index (χ1n) is 9.17. The van der Waals surface area contributed by atoms with Gasteiger partial charge in [0.15, 0.2) is 0 Å². The molecule has 0 spiro atoms. The highest BCUT2D eigenvalue weighted by atomic mass is 16.2. The van der Waals surface area contributed by atoms with E-state index >= 15 is 0 Å². The fraction of sp³-hybridized carbons (Fsp3) is 0.882. The van der Waals surface area contributed by atoms with Gasteiger partial charge in [-0.1, -0.05) is 58.8 Å². The third kappa shape index (κ3) is 12.9. The Kier molecular flexibility index (Phi) is 14.7. The maximum atomic E-state index is 12.0. The van der Waals surface area contributed by atoms with E-state index in [9.17, 15) is 9.59 Å². The summed E-state index contributed by atoms with van der Waals surface area (Å²) < 4.78 is 0. The molecular weight excluding hydrogens is 292 g/mol. The van der Waals surface area contributed by atoms with Gasteiger partial charge >= 0.3 is 6.03 Å². The minimum atomic E-state index is -0.665. The quantitative estimate of drug-likeness (QED) is 0.368. The molecule has 0 aromatic heterocycles. The van der Waals surface area contributed by atoms with Crippen LogP contribution in [0.25, 0.3) is 0 Å². The molecule has 136 valence electrons. The van der Waals surface area contributed by atoms with E-state index in [1.165, 1.54) is 32.1 Å². The zero-order valence-corrected chi connectivity index (χ0v) is 15.0. The number of carbonyl (C=O) groups is 2. The van der Waals surface area contributed by atoms with Crippen molar-refractivity contribution in [1.82, 2.24) is 16.0 Å². The number of hydrogen-bond donors (Lipinski definition) is 4. The van der Waals surface area contributed by atoms with Crippen LogP contribution in [0.3, 0.4) is 0 Å². The van der Waals surface area contributed by atoms with Gasteiger partial charge in [-0.3, -0.25) is 4.79 Å². The summed E-state index contributed by atoms with van der Waals surface area (Å²) >= 11 is 0. The van der Waals surface area contributed by atoms with Crippen molar-refractivity contribution in [1.29, 1.82) is 0 Å². The van der Waals surface area contributed by atoms with E-state index in [-0.39, 0.29) is 18.5 Å². The molecule has 5 N–H and O–H groups in total. The van der Waals surface area contributed by atoms with E-state index in [1.54, 1.807) is 0 Å². The summed E-state index contributed by atoms with van der Waals surface area (Å²) in [7, 11) is 0. The van der Waals surface area contributed by atoms with Crippen LogP contribution in [0.15, 0.2) is 0 Å². The molecule has 0 saturated carbocycles. The molecule has 3 amide bonds. The summed E-state index contributed by atoms with van der Waals surface area (Å²) in [6.45, 7) is 5.69. The summed E-state index contributed by atoms with van der Waals surface area (Å²) in [5.74, 6) is -0.206. The van der Waals surface area contributed by atoms with Crippen LogP contribution in [0.5, 0.6) is 0 Å². The number of unbranched alkanes of at least 4 members (excludes halogenated alkanes) is 7. The molecule has 6 heteroatoms. The van der Waals surface area contributed by atoms with Gasteiger partial charge in [-0.25, -0.2) is 4.79 Å². The summed E-state index contributed by atoms with van der Waals surface area (Å²) in [5.41, 5.74) is 5.58. The molecule has 6 nitrogen and oxygen atoms in total. The molecule has 0 aromatic carbocycles. The number of amides is 3. The average molecular weight is 329 g/mol. The molecule has 0 fully saturated rings. The number of carbonyl (C=O) groups excluding carboxylic acids is 2. The third-order valence-electron chi connectivity index (χ3n) is 3.75. The van der Waals surface area contributed by atoms with Crippen LogP contribution in [0.1, 0.15) is 71.6 Å². The molecule has 0 aliphatic carbocycles. The molecule has 0 rings (SSSR count). The lowest BCUT2D eigenvalue weighted by molar-refractivity contribution is -0.122. The van der Waals surface area contributed by atoms with Gasteiger partial charge in [-0.05, 0) is 12.8 Å². The Bertz CT molecular complexity index is 311. The Balaban J connectivity index is 3.79. The van der Waals surface area contributed by atoms with Crippen LogP contribution in [0.4, 0.5) is 4.79 Å². The minimum absolute atomic E-state index is 0.102. The number of rotatable bonds is 14. The van der Waals surface area contributed by atoms with Gasteiger partial charge in [0.25, 0.3) is 0 Å².